The number of nitrogens with one attached hydrogen (secondary N) is 1. The van der Waals surface area contributed by atoms with Crippen LogP contribution in [-0.4, -0.2) is 48.4 Å². The van der Waals surface area contributed by atoms with E-state index in [-0.39, 0.29) is 18.4 Å². The van der Waals surface area contributed by atoms with Gasteiger partial charge in [-0.05, 0) is 42.7 Å². The van der Waals surface area contributed by atoms with Crippen LogP contribution < -0.4 is 5.32 Å². The van der Waals surface area contributed by atoms with Gasteiger partial charge in [0.2, 0.25) is 0 Å². The molecule has 0 unspecified atom stereocenters. The van der Waals surface area contributed by atoms with Crippen LogP contribution in [-0.2, 0) is 14.3 Å². The lowest BCUT2D eigenvalue weighted by Gasteiger charge is -2.20. The van der Waals surface area contributed by atoms with E-state index in [1.807, 2.05) is 30.3 Å². The second-order valence-corrected chi connectivity index (χ2v) is 6.41. The number of hydrogen-bond acceptors (Lipinski definition) is 4. The highest BCUT2D eigenvalue weighted by atomic mass is 16.5. The summed E-state index contributed by atoms with van der Waals surface area (Å²) >= 11 is 0. The highest BCUT2D eigenvalue weighted by molar-refractivity contribution is 5.99. The number of esters is 1. The maximum absolute atomic E-state index is 12.2. The smallest absolute Gasteiger partial charge is 0.326 e. The molecule has 1 saturated heterocycles. The maximum Gasteiger partial charge on any atom is 0.326 e. The van der Waals surface area contributed by atoms with Gasteiger partial charge in [0.25, 0.3) is 11.8 Å². The second-order valence-electron chi connectivity index (χ2n) is 6.41. The quantitative estimate of drug-likeness (QED) is 0.835. The number of nitrogens with zero attached hydrogens (tertiary/aromatic N) is 1. The van der Waals surface area contributed by atoms with E-state index in [4.69, 9.17) is 4.74 Å². The molecule has 0 aromatic heterocycles. The van der Waals surface area contributed by atoms with Crippen molar-refractivity contribution in [2.45, 2.75) is 25.9 Å². The molecule has 1 heterocycles. The molecular weight excluding hydrogens is 332 g/mol. The van der Waals surface area contributed by atoms with E-state index in [1.165, 1.54) is 0 Å². The number of carbonyl (C=O) groups excluding carboxylic acids is 3. The molecule has 0 bridgehead atoms. The number of ether oxygens (including phenoxy) is 1. The lowest BCUT2D eigenvalue weighted by atomic mass is 10.1. The Morgan fingerprint density at radius 2 is 1.77 bits per heavy atom. The van der Waals surface area contributed by atoms with Gasteiger partial charge in [0.05, 0.1) is 0 Å². The monoisotopic (exact) mass is 354 g/mol. The third kappa shape index (κ3) is 4.20. The summed E-state index contributed by atoms with van der Waals surface area (Å²) in [6.45, 7) is 2.70. The molecule has 2 amide bonds. The fraction of sp³-hybridized carbons (Fsp3) is 0.350. The van der Waals surface area contributed by atoms with Crippen molar-refractivity contribution in [2.75, 3.05) is 19.6 Å². The van der Waals surface area contributed by atoms with E-state index < -0.39 is 12.1 Å². The van der Waals surface area contributed by atoms with Gasteiger partial charge in [-0.1, -0.05) is 30.3 Å². The van der Waals surface area contributed by atoms with E-state index in [2.05, 4.69) is 5.32 Å². The van der Waals surface area contributed by atoms with Crippen molar-refractivity contribution in [3.8, 4) is 0 Å². The lowest BCUT2D eigenvalue weighted by Crippen LogP contribution is -2.40. The molecule has 0 spiro atoms. The number of rotatable bonds is 5. The Morgan fingerprint density at radius 1 is 1.08 bits per heavy atom. The minimum atomic E-state index is -0.835. The van der Waals surface area contributed by atoms with Crippen molar-refractivity contribution in [3.05, 3.63) is 48.0 Å². The Morgan fingerprint density at radius 3 is 2.50 bits per heavy atom. The number of likely N-dealkylation sites (tertiary alicyclic amines) is 1. The van der Waals surface area contributed by atoms with Crippen molar-refractivity contribution < 1.29 is 19.1 Å². The van der Waals surface area contributed by atoms with Crippen LogP contribution >= 0.6 is 0 Å². The van der Waals surface area contributed by atoms with Gasteiger partial charge in [0.15, 0.2) is 6.10 Å². The molecule has 0 saturated carbocycles. The largest absolute Gasteiger partial charge is 0.451 e. The number of carbonyl (C=O) groups is 3. The molecule has 1 fully saturated rings. The van der Waals surface area contributed by atoms with Gasteiger partial charge in [0.1, 0.15) is 6.54 Å². The molecule has 26 heavy (non-hydrogen) atoms. The van der Waals surface area contributed by atoms with Crippen LogP contribution in [0.3, 0.4) is 0 Å². The Labute approximate surface area is 152 Å². The van der Waals surface area contributed by atoms with Crippen molar-refractivity contribution in [2.24, 2.45) is 0 Å². The Kier molecular flexibility index (Phi) is 5.51. The van der Waals surface area contributed by atoms with Crippen LogP contribution in [0.1, 0.15) is 30.1 Å². The van der Waals surface area contributed by atoms with Crippen molar-refractivity contribution >= 4 is 28.6 Å². The van der Waals surface area contributed by atoms with Crippen LogP contribution in [0.2, 0.25) is 0 Å². The van der Waals surface area contributed by atoms with Crippen molar-refractivity contribution in [1.29, 1.82) is 0 Å². The van der Waals surface area contributed by atoms with Gasteiger partial charge in [-0.2, -0.15) is 0 Å². The molecule has 0 radical (unpaired) electrons. The van der Waals surface area contributed by atoms with E-state index in [0.717, 1.165) is 23.6 Å². The normalized spacial score (nSPS) is 14.9. The van der Waals surface area contributed by atoms with Gasteiger partial charge in [0, 0.05) is 18.7 Å². The zero-order valence-corrected chi connectivity index (χ0v) is 14.7. The van der Waals surface area contributed by atoms with Crippen molar-refractivity contribution in [1.82, 2.24) is 10.2 Å². The third-order valence-electron chi connectivity index (χ3n) is 4.48. The summed E-state index contributed by atoms with van der Waals surface area (Å²) in [5.74, 6) is -1.16. The fourth-order valence-corrected chi connectivity index (χ4v) is 3.07. The molecule has 2 aromatic rings. The first kappa shape index (κ1) is 17.9. The van der Waals surface area contributed by atoms with Gasteiger partial charge in [-0.15, -0.1) is 0 Å². The molecule has 6 heteroatoms. The molecule has 1 aliphatic rings. The number of benzene rings is 2. The number of fused-ring (bicyclic) bond motifs is 1. The molecular formula is C20H22N2O4. The summed E-state index contributed by atoms with van der Waals surface area (Å²) in [6, 6.07) is 13.1. The molecule has 1 atom stereocenters. The Hall–Kier alpha value is -2.89. The summed E-state index contributed by atoms with van der Waals surface area (Å²) in [5, 5.41) is 4.53. The molecule has 2 aromatic carbocycles. The van der Waals surface area contributed by atoms with Crippen LogP contribution in [0.15, 0.2) is 42.5 Å². The summed E-state index contributed by atoms with van der Waals surface area (Å²) in [7, 11) is 0. The number of hydrogen-bond donors (Lipinski definition) is 1. The van der Waals surface area contributed by atoms with Crippen LogP contribution in [0.4, 0.5) is 0 Å². The molecule has 6 nitrogen and oxygen atoms in total. The SMILES string of the molecule is C[C@H](OC(=O)CNC(=O)c1ccc2ccccc2c1)C(=O)N1CCCC1. The first-order chi connectivity index (χ1) is 12.5. The first-order valence-electron chi connectivity index (χ1n) is 8.80. The third-order valence-corrected chi connectivity index (χ3v) is 4.48. The van der Waals surface area contributed by atoms with Gasteiger partial charge < -0.3 is 15.0 Å². The van der Waals surface area contributed by atoms with Crippen LogP contribution in [0.5, 0.6) is 0 Å². The standard InChI is InChI=1S/C20H22N2O4/c1-14(20(25)22-10-4-5-11-22)26-18(23)13-21-19(24)17-9-8-15-6-2-3-7-16(15)12-17/h2-3,6-9,12,14H,4-5,10-11,13H2,1H3,(H,21,24)/t14-/m0/s1. The minimum absolute atomic E-state index is 0.184. The Balaban J connectivity index is 1.51. The topological polar surface area (TPSA) is 75.7 Å². The first-order valence-corrected chi connectivity index (χ1v) is 8.80. The van der Waals surface area contributed by atoms with Crippen molar-refractivity contribution in [3.63, 3.8) is 0 Å². The Bertz CT molecular complexity index is 827. The molecule has 1 aliphatic heterocycles. The summed E-state index contributed by atoms with van der Waals surface area (Å²) in [4.78, 5) is 38.0. The molecule has 1 N–H and O–H groups in total. The molecule has 136 valence electrons. The zero-order chi connectivity index (χ0) is 18.5. The van der Waals surface area contributed by atoms with E-state index in [9.17, 15) is 14.4 Å². The summed E-state index contributed by atoms with van der Waals surface area (Å²) in [5.41, 5.74) is 0.470. The summed E-state index contributed by atoms with van der Waals surface area (Å²) < 4.78 is 5.14. The van der Waals surface area contributed by atoms with E-state index in [1.54, 1.807) is 24.0 Å². The van der Waals surface area contributed by atoms with E-state index in [0.29, 0.717) is 18.7 Å². The van der Waals surface area contributed by atoms with Gasteiger partial charge in [-0.3, -0.25) is 14.4 Å². The van der Waals surface area contributed by atoms with Crippen LogP contribution in [0.25, 0.3) is 10.8 Å². The highest BCUT2D eigenvalue weighted by Crippen LogP contribution is 2.15. The average molecular weight is 354 g/mol. The maximum atomic E-state index is 12.2. The minimum Gasteiger partial charge on any atom is -0.451 e. The molecule has 3 rings (SSSR count). The zero-order valence-electron chi connectivity index (χ0n) is 14.7. The van der Waals surface area contributed by atoms with E-state index >= 15 is 0 Å². The lowest BCUT2D eigenvalue weighted by molar-refractivity contribution is -0.157. The number of amides is 2. The van der Waals surface area contributed by atoms with Gasteiger partial charge >= 0.3 is 5.97 Å². The fourth-order valence-electron chi connectivity index (χ4n) is 3.07. The van der Waals surface area contributed by atoms with Gasteiger partial charge in [-0.25, -0.2) is 0 Å². The summed E-state index contributed by atoms with van der Waals surface area (Å²) in [6.07, 6.45) is 1.13. The van der Waals surface area contributed by atoms with Crippen LogP contribution in [0, 0.1) is 0 Å². The molecule has 0 aliphatic carbocycles. The predicted molar refractivity (Wildman–Crippen MR) is 97.6 cm³/mol. The second kappa shape index (κ2) is 7.99. The predicted octanol–water partition coefficient (Wildman–Crippen LogP) is 2.12. The highest BCUT2D eigenvalue weighted by Gasteiger charge is 2.25. The average Bonchev–Trinajstić information content (AvgIpc) is 3.19.